The first-order valence-electron chi connectivity index (χ1n) is 6.20. The molecule has 0 amide bonds. The van der Waals surface area contributed by atoms with Crippen LogP contribution in [0.5, 0.6) is 0 Å². The third-order valence-electron chi connectivity index (χ3n) is 3.06. The normalized spacial score (nSPS) is 12.0. The molecule has 6 heteroatoms. The zero-order chi connectivity index (χ0) is 14.8. The molecule has 4 N–H and O–H groups in total. The van der Waals surface area contributed by atoms with Crippen molar-refractivity contribution in [2.24, 2.45) is 10.9 Å². The summed E-state index contributed by atoms with van der Waals surface area (Å²) >= 11 is 7.72. The molecule has 106 valence electrons. The average molecular weight is 318 g/mol. The number of nitrogens with zero attached hydrogens (tertiary/aromatic N) is 1. The Morgan fingerprint density at radius 2 is 2.00 bits per heavy atom. The summed E-state index contributed by atoms with van der Waals surface area (Å²) < 4.78 is 0. The molecule has 4 nitrogen and oxygen atoms in total. The molecule has 0 saturated carbocycles. The Hall–Kier alpha value is -2.11. The van der Waals surface area contributed by atoms with E-state index < -0.39 is 0 Å². The van der Waals surface area contributed by atoms with E-state index in [1.807, 2.05) is 24.3 Å². The maximum absolute atomic E-state index is 8.69. The highest BCUT2D eigenvalue weighted by molar-refractivity contribution is 7.99. The zero-order valence-electron chi connectivity index (χ0n) is 10.9. The lowest BCUT2D eigenvalue weighted by Gasteiger charge is -2.04. The topological polar surface area (TPSA) is 74.4 Å². The molecule has 0 aliphatic carbocycles. The number of benzene rings is 2. The van der Waals surface area contributed by atoms with Crippen molar-refractivity contribution in [3.8, 4) is 0 Å². The molecular weight excluding hydrogens is 306 g/mol. The van der Waals surface area contributed by atoms with E-state index >= 15 is 0 Å². The van der Waals surface area contributed by atoms with Crippen LogP contribution < -0.4 is 5.73 Å². The molecule has 2 aromatic carbocycles. The summed E-state index contributed by atoms with van der Waals surface area (Å²) in [5.74, 6) is 0.00200. The molecule has 3 aromatic rings. The molecule has 3 rings (SSSR count). The number of para-hydroxylation sites is 1. The molecular formula is C15H12ClN3OS. The van der Waals surface area contributed by atoms with Crippen molar-refractivity contribution in [3.05, 3.63) is 59.1 Å². The van der Waals surface area contributed by atoms with E-state index in [2.05, 4.69) is 22.3 Å². The highest BCUT2D eigenvalue weighted by Crippen LogP contribution is 2.32. The minimum absolute atomic E-state index is 0.00200. The van der Waals surface area contributed by atoms with Crippen molar-refractivity contribution in [2.75, 3.05) is 0 Å². The highest BCUT2D eigenvalue weighted by atomic mass is 35.5. The summed E-state index contributed by atoms with van der Waals surface area (Å²) in [5, 5.41) is 14.3. The predicted molar refractivity (Wildman–Crippen MR) is 86.4 cm³/mol. The fourth-order valence-electron chi connectivity index (χ4n) is 2.05. The van der Waals surface area contributed by atoms with Crippen LogP contribution in [0.15, 0.2) is 63.6 Å². The third-order valence-corrected chi connectivity index (χ3v) is 4.30. The predicted octanol–water partition coefficient (Wildman–Crippen LogP) is 4.07. The Kier molecular flexibility index (Phi) is 3.77. The minimum atomic E-state index is 0.00200. The van der Waals surface area contributed by atoms with Gasteiger partial charge in [0.25, 0.3) is 0 Å². The molecule has 0 bridgehead atoms. The molecule has 0 fully saturated rings. The van der Waals surface area contributed by atoms with Gasteiger partial charge in [-0.2, -0.15) is 0 Å². The number of fused-ring (bicyclic) bond motifs is 1. The van der Waals surface area contributed by atoms with Crippen LogP contribution in [-0.4, -0.2) is 16.0 Å². The number of halogens is 1. The number of rotatable bonds is 3. The van der Waals surface area contributed by atoms with Gasteiger partial charge in [-0.05, 0) is 30.3 Å². The van der Waals surface area contributed by atoms with Crippen molar-refractivity contribution in [3.63, 3.8) is 0 Å². The Bertz CT molecular complexity index is 796. The van der Waals surface area contributed by atoms with Crippen LogP contribution in [0.2, 0.25) is 5.02 Å². The number of aromatic nitrogens is 1. The number of oxime groups is 1. The maximum atomic E-state index is 8.69. The van der Waals surface area contributed by atoms with Gasteiger partial charge in [0.2, 0.25) is 0 Å². The molecule has 0 atom stereocenters. The Labute approximate surface area is 130 Å². The van der Waals surface area contributed by atoms with Crippen molar-refractivity contribution in [1.82, 2.24) is 4.98 Å². The number of aromatic amines is 1. The van der Waals surface area contributed by atoms with Crippen molar-refractivity contribution < 1.29 is 5.21 Å². The van der Waals surface area contributed by atoms with Gasteiger partial charge in [0.05, 0.1) is 10.0 Å². The van der Waals surface area contributed by atoms with Gasteiger partial charge in [0.1, 0.15) is 0 Å². The van der Waals surface area contributed by atoms with Gasteiger partial charge in [-0.15, -0.1) is 0 Å². The van der Waals surface area contributed by atoms with Gasteiger partial charge in [0, 0.05) is 21.4 Å². The highest BCUT2D eigenvalue weighted by Gasteiger charge is 2.08. The van der Waals surface area contributed by atoms with Gasteiger partial charge in [-0.3, -0.25) is 0 Å². The van der Waals surface area contributed by atoms with Crippen LogP contribution >= 0.6 is 23.4 Å². The molecule has 0 aliphatic rings. The first kappa shape index (κ1) is 13.9. The van der Waals surface area contributed by atoms with E-state index in [0.717, 1.165) is 15.4 Å². The van der Waals surface area contributed by atoms with Crippen LogP contribution in [0.25, 0.3) is 10.9 Å². The van der Waals surface area contributed by atoms with E-state index in [9.17, 15) is 0 Å². The molecule has 0 aliphatic heterocycles. The summed E-state index contributed by atoms with van der Waals surface area (Å²) in [6.07, 6.45) is 0. The van der Waals surface area contributed by atoms with Gasteiger partial charge >= 0.3 is 0 Å². The zero-order valence-corrected chi connectivity index (χ0v) is 12.4. The quantitative estimate of drug-likeness (QED) is 0.295. The van der Waals surface area contributed by atoms with E-state index in [-0.39, 0.29) is 5.84 Å². The van der Waals surface area contributed by atoms with E-state index in [4.69, 9.17) is 22.5 Å². The van der Waals surface area contributed by atoms with Crippen molar-refractivity contribution in [2.45, 2.75) is 9.92 Å². The standard InChI is InChI=1S/C15H12ClN3OS/c16-12-8-10(5-6-11(12)15(17)19-20)21-14-7-9-3-1-2-4-13(9)18-14/h1-8,18,20H,(H2,17,19). The SMILES string of the molecule is N/C(=N/O)c1ccc(Sc2cc3ccccc3[nH]2)cc1Cl. The molecule has 0 unspecified atom stereocenters. The van der Waals surface area contributed by atoms with Crippen LogP contribution in [0.1, 0.15) is 5.56 Å². The fourth-order valence-corrected chi connectivity index (χ4v) is 3.31. The number of nitrogens with one attached hydrogen (secondary N) is 1. The van der Waals surface area contributed by atoms with Gasteiger partial charge < -0.3 is 15.9 Å². The Morgan fingerprint density at radius 1 is 1.19 bits per heavy atom. The summed E-state index contributed by atoms with van der Waals surface area (Å²) in [5.41, 5.74) is 7.16. The van der Waals surface area contributed by atoms with Crippen molar-refractivity contribution >= 4 is 40.1 Å². The molecule has 0 saturated heterocycles. The van der Waals surface area contributed by atoms with Crippen LogP contribution in [-0.2, 0) is 0 Å². The van der Waals surface area contributed by atoms with E-state index in [1.54, 1.807) is 23.9 Å². The Balaban J connectivity index is 1.89. The van der Waals surface area contributed by atoms with E-state index in [0.29, 0.717) is 10.6 Å². The largest absolute Gasteiger partial charge is 0.409 e. The van der Waals surface area contributed by atoms with Gasteiger partial charge in [0.15, 0.2) is 5.84 Å². The van der Waals surface area contributed by atoms with Crippen LogP contribution in [0.4, 0.5) is 0 Å². The fraction of sp³-hybridized carbons (Fsp3) is 0. The smallest absolute Gasteiger partial charge is 0.171 e. The number of amidine groups is 1. The number of hydrogen-bond acceptors (Lipinski definition) is 3. The summed E-state index contributed by atoms with van der Waals surface area (Å²) in [6.45, 7) is 0. The minimum Gasteiger partial charge on any atom is -0.409 e. The summed E-state index contributed by atoms with van der Waals surface area (Å²) in [4.78, 5) is 4.32. The lowest BCUT2D eigenvalue weighted by Crippen LogP contribution is -2.13. The molecule has 0 radical (unpaired) electrons. The lowest BCUT2D eigenvalue weighted by atomic mass is 10.2. The summed E-state index contributed by atoms with van der Waals surface area (Å²) in [7, 11) is 0. The van der Waals surface area contributed by atoms with E-state index in [1.165, 1.54) is 5.39 Å². The van der Waals surface area contributed by atoms with Gasteiger partial charge in [-0.25, -0.2) is 0 Å². The summed E-state index contributed by atoms with van der Waals surface area (Å²) in [6, 6.07) is 15.6. The number of hydrogen-bond donors (Lipinski definition) is 3. The number of H-pyrrole nitrogens is 1. The second-order valence-corrected chi connectivity index (χ2v) is 5.97. The van der Waals surface area contributed by atoms with Crippen LogP contribution in [0.3, 0.4) is 0 Å². The second kappa shape index (κ2) is 5.71. The monoisotopic (exact) mass is 317 g/mol. The Morgan fingerprint density at radius 3 is 2.71 bits per heavy atom. The lowest BCUT2D eigenvalue weighted by molar-refractivity contribution is 0.318. The first-order chi connectivity index (χ1) is 10.2. The maximum Gasteiger partial charge on any atom is 0.171 e. The van der Waals surface area contributed by atoms with Crippen molar-refractivity contribution in [1.29, 1.82) is 0 Å². The second-order valence-electron chi connectivity index (χ2n) is 4.45. The van der Waals surface area contributed by atoms with Gasteiger partial charge in [-0.1, -0.05) is 46.7 Å². The first-order valence-corrected chi connectivity index (χ1v) is 7.40. The molecule has 1 aromatic heterocycles. The number of nitrogens with two attached hydrogens (primary N) is 1. The average Bonchev–Trinajstić information content (AvgIpc) is 2.88. The molecule has 1 heterocycles. The third kappa shape index (κ3) is 2.84. The molecule has 21 heavy (non-hydrogen) atoms. The molecule has 0 spiro atoms. The van der Waals surface area contributed by atoms with Crippen LogP contribution in [0, 0.1) is 0 Å².